The molecule has 4 N–H and O–H groups in total. The van der Waals surface area contributed by atoms with E-state index >= 15 is 0 Å². The first-order valence-corrected chi connectivity index (χ1v) is 10.9. The summed E-state index contributed by atoms with van der Waals surface area (Å²) in [5.41, 5.74) is 1.70. The number of alkyl halides is 3. The molecule has 4 rings (SSSR count). The van der Waals surface area contributed by atoms with Crippen LogP contribution >= 0.6 is 0 Å². The van der Waals surface area contributed by atoms with Gasteiger partial charge in [-0.3, -0.25) is 4.79 Å². The lowest BCUT2D eigenvalue weighted by molar-refractivity contribution is -0.138. The molecule has 178 valence electrons. The summed E-state index contributed by atoms with van der Waals surface area (Å²) in [7, 11) is 0. The first-order chi connectivity index (χ1) is 16.3. The van der Waals surface area contributed by atoms with Crippen LogP contribution in [0, 0.1) is 0 Å². The van der Waals surface area contributed by atoms with Gasteiger partial charge in [-0.1, -0.05) is 36.4 Å². The number of benzene rings is 2. The van der Waals surface area contributed by atoms with Gasteiger partial charge in [-0.05, 0) is 53.9 Å². The van der Waals surface area contributed by atoms with Gasteiger partial charge in [0.15, 0.2) is 0 Å². The van der Waals surface area contributed by atoms with E-state index in [1.165, 1.54) is 6.07 Å². The van der Waals surface area contributed by atoms with Gasteiger partial charge in [-0.2, -0.15) is 13.2 Å². The zero-order valence-corrected chi connectivity index (χ0v) is 18.3. The molecule has 0 aliphatic carbocycles. The van der Waals surface area contributed by atoms with Crippen molar-refractivity contribution in [2.75, 3.05) is 23.7 Å². The number of hydrogen-bond donors (Lipinski definition) is 4. The van der Waals surface area contributed by atoms with Crippen molar-refractivity contribution in [3.63, 3.8) is 0 Å². The van der Waals surface area contributed by atoms with E-state index in [0.29, 0.717) is 25.1 Å². The van der Waals surface area contributed by atoms with Crippen molar-refractivity contribution >= 4 is 17.5 Å². The first kappa shape index (κ1) is 23.6. The highest BCUT2D eigenvalue weighted by atomic mass is 19.4. The van der Waals surface area contributed by atoms with Crippen LogP contribution in [0.1, 0.15) is 28.3 Å². The van der Waals surface area contributed by atoms with E-state index in [2.05, 4.69) is 20.9 Å². The van der Waals surface area contributed by atoms with Crippen molar-refractivity contribution < 1.29 is 23.1 Å². The lowest BCUT2D eigenvalue weighted by Gasteiger charge is -2.34. The van der Waals surface area contributed by atoms with Gasteiger partial charge >= 0.3 is 12.1 Å². The number of carboxylic acid groups (broad SMARTS) is 1. The zero-order chi connectivity index (χ0) is 24.1. The molecule has 2 atom stereocenters. The number of carboxylic acids is 1. The van der Waals surface area contributed by atoms with E-state index in [9.17, 15) is 18.0 Å². The SMILES string of the molecule is O=C(O)Cc1cc(CCN[C@H](c2ccccc2)[C@H]2CNc3cccnc3N2)cc(C(F)(F)F)c1. The number of anilines is 2. The van der Waals surface area contributed by atoms with Gasteiger partial charge in [0.1, 0.15) is 5.82 Å². The Bertz CT molecular complexity index is 1140. The number of nitrogens with one attached hydrogen (secondary N) is 3. The van der Waals surface area contributed by atoms with E-state index in [0.717, 1.165) is 29.2 Å². The van der Waals surface area contributed by atoms with Crippen LogP contribution < -0.4 is 16.0 Å². The van der Waals surface area contributed by atoms with Crippen LogP contribution in [0.4, 0.5) is 24.7 Å². The van der Waals surface area contributed by atoms with Crippen LogP contribution in [-0.4, -0.2) is 35.2 Å². The maximum absolute atomic E-state index is 13.3. The predicted molar refractivity (Wildman–Crippen MR) is 124 cm³/mol. The third kappa shape index (κ3) is 5.85. The van der Waals surface area contributed by atoms with Gasteiger partial charge in [0.2, 0.25) is 0 Å². The molecule has 2 heterocycles. The maximum Gasteiger partial charge on any atom is 0.416 e. The molecule has 0 amide bonds. The molecular formula is C25H25F3N4O2. The maximum atomic E-state index is 13.3. The quantitative estimate of drug-likeness (QED) is 0.388. The molecule has 1 aliphatic heterocycles. The Kier molecular flexibility index (Phi) is 7.02. The summed E-state index contributed by atoms with van der Waals surface area (Å²) in [5.74, 6) is -0.421. The van der Waals surface area contributed by atoms with Gasteiger partial charge < -0.3 is 21.1 Å². The highest BCUT2D eigenvalue weighted by Gasteiger charge is 2.31. The van der Waals surface area contributed by atoms with Crippen LogP contribution in [0.15, 0.2) is 66.9 Å². The molecule has 0 fully saturated rings. The molecule has 1 aliphatic rings. The molecule has 0 saturated carbocycles. The second-order valence-corrected chi connectivity index (χ2v) is 8.23. The van der Waals surface area contributed by atoms with Crippen molar-refractivity contribution in [3.05, 3.63) is 89.1 Å². The van der Waals surface area contributed by atoms with Crippen molar-refractivity contribution in [2.45, 2.75) is 31.1 Å². The van der Waals surface area contributed by atoms with Gasteiger partial charge in [-0.15, -0.1) is 0 Å². The second kappa shape index (κ2) is 10.1. The molecular weight excluding hydrogens is 445 g/mol. The Morgan fingerprint density at radius 3 is 2.62 bits per heavy atom. The highest BCUT2D eigenvalue weighted by molar-refractivity contribution is 5.70. The topological polar surface area (TPSA) is 86.3 Å². The molecule has 0 saturated heterocycles. The largest absolute Gasteiger partial charge is 0.481 e. The van der Waals surface area contributed by atoms with Crippen molar-refractivity contribution in [1.29, 1.82) is 0 Å². The second-order valence-electron chi connectivity index (χ2n) is 8.23. The number of halogens is 3. The van der Waals surface area contributed by atoms with Crippen LogP contribution in [-0.2, 0) is 23.8 Å². The third-order valence-corrected chi connectivity index (χ3v) is 5.72. The molecule has 3 aromatic rings. The number of aliphatic carboxylic acids is 1. The van der Waals surface area contributed by atoms with Crippen molar-refractivity contribution in [2.24, 2.45) is 0 Å². The zero-order valence-electron chi connectivity index (χ0n) is 18.3. The number of hydrogen-bond acceptors (Lipinski definition) is 5. The summed E-state index contributed by atoms with van der Waals surface area (Å²) >= 11 is 0. The summed E-state index contributed by atoms with van der Waals surface area (Å²) in [5, 5.41) is 19.3. The minimum absolute atomic E-state index is 0.0473. The van der Waals surface area contributed by atoms with Crippen molar-refractivity contribution in [3.8, 4) is 0 Å². The molecule has 0 radical (unpaired) electrons. The van der Waals surface area contributed by atoms with E-state index in [1.807, 2.05) is 42.5 Å². The fourth-order valence-electron chi connectivity index (χ4n) is 4.18. The van der Waals surface area contributed by atoms with E-state index in [-0.39, 0.29) is 17.6 Å². The molecule has 1 aromatic heterocycles. The number of carbonyl (C=O) groups is 1. The monoisotopic (exact) mass is 470 g/mol. The Hall–Kier alpha value is -3.59. The fraction of sp³-hybridized carbons (Fsp3) is 0.280. The minimum atomic E-state index is -4.54. The van der Waals surface area contributed by atoms with Gasteiger partial charge in [-0.25, -0.2) is 4.98 Å². The first-order valence-electron chi connectivity index (χ1n) is 10.9. The van der Waals surface area contributed by atoms with E-state index in [4.69, 9.17) is 5.11 Å². The Morgan fingerprint density at radius 1 is 1.12 bits per heavy atom. The molecule has 9 heteroatoms. The molecule has 6 nitrogen and oxygen atoms in total. The summed E-state index contributed by atoms with van der Waals surface area (Å²) in [6.45, 7) is 1.04. The Balaban J connectivity index is 1.51. The molecule has 34 heavy (non-hydrogen) atoms. The molecule has 2 aromatic carbocycles. The lowest BCUT2D eigenvalue weighted by atomic mass is 9.97. The summed E-state index contributed by atoms with van der Waals surface area (Å²) < 4.78 is 40.0. The average Bonchev–Trinajstić information content (AvgIpc) is 2.81. The van der Waals surface area contributed by atoms with Crippen LogP contribution in [0.2, 0.25) is 0 Å². The van der Waals surface area contributed by atoms with Crippen LogP contribution in [0.5, 0.6) is 0 Å². The lowest BCUT2D eigenvalue weighted by Crippen LogP contribution is -2.44. The standard InChI is InChI=1S/C25H25F3N4O2/c26-25(27,28)19-12-16(11-17(13-19)14-22(33)34)8-10-29-23(18-5-2-1-3-6-18)21-15-31-20-7-4-9-30-24(20)32-21/h1-7,9,11-13,21,23,29,31H,8,10,14-15H2,(H,30,32)(H,33,34)/t21-,23-/m1/s1. The Morgan fingerprint density at radius 2 is 1.88 bits per heavy atom. The normalized spacial score (nSPS) is 16.1. The number of aromatic nitrogens is 1. The Labute approximate surface area is 195 Å². The average molecular weight is 470 g/mol. The summed E-state index contributed by atoms with van der Waals surface area (Å²) in [6.07, 6.45) is -2.97. The number of pyridine rings is 1. The van der Waals surface area contributed by atoms with Gasteiger partial charge in [0.05, 0.1) is 29.8 Å². The van der Waals surface area contributed by atoms with Crippen LogP contribution in [0.3, 0.4) is 0 Å². The molecule has 0 bridgehead atoms. The molecule has 0 spiro atoms. The van der Waals surface area contributed by atoms with E-state index < -0.39 is 24.1 Å². The predicted octanol–water partition coefficient (Wildman–Crippen LogP) is 4.51. The number of rotatable bonds is 8. The minimum Gasteiger partial charge on any atom is -0.481 e. The highest BCUT2D eigenvalue weighted by Crippen LogP contribution is 2.31. The number of fused-ring (bicyclic) bond motifs is 1. The summed E-state index contributed by atoms with van der Waals surface area (Å²) in [4.78, 5) is 15.4. The van der Waals surface area contributed by atoms with Crippen LogP contribution in [0.25, 0.3) is 0 Å². The van der Waals surface area contributed by atoms with E-state index in [1.54, 1.807) is 6.20 Å². The van der Waals surface area contributed by atoms with Crippen molar-refractivity contribution in [1.82, 2.24) is 10.3 Å². The molecule has 0 unspecified atom stereocenters. The van der Waals surface area contributed by atoms with Gasteiger partial charge in [0.25, 0.3) is 0 Å². The summed E-state index contributed by atoms with van der Waals surface area (Å²) in [6, 6.07) is 17.0. The third-order valence-electron chi connectivity index (χ3n) is 5.72. The van der Waals surface area contributed by atoms with Gasteiger partial charge in [0, 0.05) is 12.7 Å². The number of nitrogens with zero attached hydrogens (tertiary/aromatic N) is 1. The fourth-order valence-corrected chi connectivity index (χ4v) is 4.18. The smallest absolute Gasteiger partial charge is 0.416 e.